The summed E-state index contributed by atoms with van der Waals surface area (Å²) in [6, 6.07) is 9.26. The number of nitrogens with two attached hydrogens (primary N) is 1. The lowest BCUT2D eigenvalue weighted by Gasteiger charge is -2.11. The maximum absolute atomic E-state index is 13.1. The first kappa shape index (κ1) is 15.3. The van der Waals surface area contributed by atoms with Crippen molar-refractivity contribution < 1.29 is 12.8 Å². The van der Waals surface area contributed by atoms with E-state index in [2.05, 4.69) is 20.7 Å². The van der Waals surface area contributed by atoms with Gasteiger partial charge in [0, 0.05) is 10.2 Å². The summed E-state index contributed by atoms with van der Waals surface area (Å²) in [4.78, 5) is -0.0734. The fourth-order valence-corrected chi connectivity index (χ4v) is 3.70. The molecule has 0 unspecified atom stereocenters. The van der Waals surface area contributed by atoms with Gasteiger partial charge in [-0.1, -0.05) is 0 Å². The molecule has 0 saturated carbocycles. The zero-order valence-electron chi connectivity index (χ0n) is 10.5. The quantitative estimate of drug-likeness (QED) is 0.812. The molecule has 2 aromatic carbocycles. The lowest BCUT2D eigenvalue weighted by Crippen LogP contribution is -2.15. The molecule has 21 heavy (non-hydrogen) atoms. The summed E-state index contributed by atoms with van der Waals surface area (Å²) >= 11 is 3.13. The standard InChI is InChI=1S/C13H9BrFN3O2S/c14-11-3-2-10(17)6-13(11)21(19,20)18-12-4-1-9(15)5-8(12)7-16/h1-6,18H,17H2. The Morgan fingerprint density at radius 3 is 2.62 bits per heavy atom. The van der Waals surface area contributed by atoms with E-state index in [0.29, 0.717) is 4.47 Å². The van der Waals surface area contributed by atoms with Gasteiger partial charge in [-0.2, -0.15) is 5.26 Å². The number of halogens is 2. The van der Waals surface area contributed by atoms with Crippen LogP contribution in [0.3, 0.4) is 0 Å². The Morgan fingerprint density at radius 2 is 1.95 bits per heavy atom. The minimum atomic E-state index is -3.96. The average Bonchev–Trinajstić information content (AvgIpc) is 2.43. The van der Waals surface area contributed by atoms with Crippen molar-refractivity contribution in [3.63, 3.8) is 0 Å². The van der Waals surface area contributed by atoms with Crippen molar-refractivity contribution in [1.82, 2.24) is 0 Å². The molecule has 0 atom stereocenters. The van der Waals surface area contributed by atoms with E-state index in [1.165, 1.54) is 18.2 Å². The van der Waals surface area contributed by atoms with Gasteiger partial charge in [0.1, 0.15) is 16.8 Å². The molecule has 0 fully saturated rings. The van der Waals surface area contributed by atoms with Gasteiger partial charge < -0.3 is 5.73 Å². The molecule has 0 radical (unpaired) electrons. The van der Waals surface area contributed by atoms with Crippen LogP contribution in [0.4, 0.5) is 15.8 Å². The zero-order chi connectivity index (χ0) is 15.6. The molecule has 0 saturated heterocycles. The SMILES string of the molecule is N#Cc1cc(F)ccc1NS(=O)(=O)c1cc(N)ccc1Br. The minimum Gasteiger partial charge on any atom is -0.399 e. The number of hydrogen-bond acceptors (Lipinski definition) is 4. The first-order valence-corrected chi connectivity index (χ1v) is 7.88. The van der Waals surface area contributed by atoms with Crippen molar-refractivity contribution in [2.45, 2.75) is 4.90 Å². The summed E-state index contributed by atoms with van der Waals surface area (Å²) in [5.74, 6) is -0.625. The maximum Gasteiger partial charge on any atom is 0.263 e. The summed E-state index contributed by atoms with van der Waals surface area (Å²) in [5.41, 5.74) is 5.74. The van der Waals surface area contributed by atoms with Crippen LogP contribution in [0, 0.1) is 17.1 Å². The van der Waals surface area contributed by atoms with Gasteiger partial charge in [0.15, 0.2) is 0 Å². The molecule has 0 aliphatic carbocycles. The normalized spacial score (nSPS) is 10.9. The van der Waals surface area contributed by atoms with E-state index in [4.69, 9.17) is 11.0 Å². The molecular weight excluding hydrogens is 361 g/mol. The second kappa shape index (κ2) is 5.71. The topological polar surface area (TPSA) is 96.0 Å². The van der Waals surface area contributed by atoms with Crippen LogP contribution >= 0.6 is 15.9 Å². The minimum absolute atomic E-state index is 0.00627. The van der Waals surface area contributed by atoms with Gasteiger partial charge in [0.05, 0.1) is 11.3 Å². The van der Waals surface area contributed by atoms with Crippen molar-refractivity contribution in [3.05, 3.63) is 52.3 Å². The maximum atomic E-state index is 13.1. The van der Waals surface area contributed by atoms with Gasteiger partial charge in [-0.25, -0.2) is 12.8 Å². The van der Waals surface area contributed by atoms with Crippen LogP contribution in [-0.4, -0.2) is 8.42 Å². The van der Waals surface area contributed by atoms with Crippen LogP contribution in [0.2, 0.25) is 0 Å². The van der Waals surface area contributed by atoms with Gasteiger partial charge >= 0.3 is 0 Å². The summed E-state index contributed by atoms with van der Waals surface area (Å²) in [7, 11) is -3.96. The monoisotopic (exact) mass is 369 g/mol. The number of benzene rings is 2. The van der Waals surface area contributed by atoms with Crippen LogP contribution in [0.15, 0.2) is 45.8 Å². The van der Waals surface area contributed by atoms with Crippen LogP contribution < -0.4 is 10.5 Å². The average molecular weight is 370 g/mol. The number of anilines is 2. The Kier molecular flexibility index (Phi) is 4.16. The number of hydrogen-bond donors (Lipinski definition) is 2. The van der Waals surface area contributed by atoms with Crippen molar-refractivity contribution in [2.75, 3.05) is 10.5 Å². The molecule has 0 aromatic heterocycles. The molecule has 108 valence electrons. The van der Waals surface area contributed by atoms with E-state index in [1.807, 2.05) is 0 Å². The molecule has 0 heterocycles. The summed E-state index contributed by atoms with van der Waals surface area (Å²) in [5, 5.41) is 8.93. The van der Waals surface area contributed by atoms with E-state index < -0.39 is 15.8 Å². The van der Waals surface area contributed by atoms with Gasteiger partial charge in [-0.05, 0) is 52.3 Å². The lowest BCUT2D eigenvalue weighted by atomic mass is 10.2. The van der Waals surface area contributed by atoms with Gasteiger partial charge in [-0.15, -0.1) is 0 Å². The van der Waals surface area contributed by atoms with Crippen LogP contribution in [0.1, 0.15) is 5.56 Å². The highest BCUT2D eigenvalue weighted by Gasteiger charge is 2.19. The van der Waals surface area contributed by atoms with E-state index in [1.54, 1.807) is 12.1 Å². The van der Waals surface area contributed by atoms with Crippen LogP contribution in [0.25, 0.3) is 0 Å². The molecular formula is C13H9BrFN3O2S. The Balaban J connectivity index is 2.48. The van der Waals surface area contributed by atoms with Crippen molar-refractivity contribution in [2.24, 2.45) is 0 Å². The Bertz CT molecular complexity index is 847. The summed E-state index contributed by atoms with van der Waals surface area (Å²) in [6.45, 7) is 0. The molecule has 0 amide bonds. The number of sulfonamides is 1. The van der Waals surface area contributed by atoms with Gasteiger partial charge in [-0.3, -0.25) is 4.72 Å². The third-order valence-electron chi connectivity index (χ3n) is 2.59. The molecule has 2 rings (SSSR count). The summed E-state index contributed by atoms with van der Waals surface area (Å²) < 4.78 is 40.3. The Hall–Kier alpha value is -2.11. The molecule has 0 aliphatic rings. The summed E-state index contributed by atoms with van der Waals surface area (Å²) in [6.07, 6.45) is 0. The lowest BCUT2D eigenvalue weighted by molar-refractivity contribution is 0.600. The third kappa shape index (κ3) is 3.32. The fourth-order valence-electron chi connectivity index (χ4n) is 1.62. The molecule has 0 bridgehead atoms. The number of nitrogen functional groups attached to an aromatic ring is 1. The van der Waals surface area contributed by atoms with Crippen LogP contribution in [0.5, 0.6) is 0 Å². The van der Waals surface area contributed by atoms with E-state index in [9.17, 15) is 12.8 Å². The molecule has 0 aliphatic heterocycles. The highest BCUT2D eigenvalue weighted by molar-refractivity contribution is 9.10. The molecule has 5 nitrogen and oxygen atoms in total. The predicted octanol–water partition coefficient (Wildman–Crippen LogP) is 2.84. The highest BCUT2D eigenvalue weighted by Crippen LogP contribution is 2.27. The number of rotatable bonds is 3. The number of nitrogens with one attached hydrogen (secondary N) is 1. The highest BCUT2D eigenvalue weighted by atomic mass is 79.9. The predicted molar refractivity (Wildman–Crippen MR) is 80.5 cm³/mol. The zero-order valence-corrected chi connectivity index (χ0v) is 12.9. The smallest absolute Gasteiger partial charge is 0.263 e. The third-order valence-corrected chi connectivity index (χ3v) is 4.95. The molecule has 2 aromatic rings. The Morgan fingerprint density at radius 1 is 1.24 bits per heavy atom. The van der Waals surface area contributed by atoms with Crippen molar-refractivity contribution >= 4 is 37.3 Å². The number of nitriles is 1. The fraction of sp³-hybridized carbons (Fsp3) is 0. The molecule has 8 heteroatoms. The Labute approximate surface area is 129 Å². The van der Waals surface area contributed by atoms with E-state index in [-0.39, 0.29) is 21.8 Å². The molecule has 3 N–H and O–H groups in total. The second-order valence-corrected chi connectivity index (χ2v) is 6.60. The first-order chi connectivity index (χ1) is 9.83. The van der Waals surface area contributed by atoms with E-state index >= 15 is 0 Å². The van der Waals surface area contributed by atoms with Gasteiger partial charge in [0.2, 0.25) is 0 Å². The van der Waals surface area contributed by atoms with Crippen LogP contribution in [-0.2, 0) is 10.0 Å². The molecule has 0 spiro atoms. The first-order valence-electron chi connectivity index (χ1n) is 5.61. The number of nitrogens with zero attached hydrogens (tertiary/aromatic N) is 1. The van der Waals surface area contributed by atoms with Gasteiger partial charge in [0.25, 0.3) is 10.0 Å². The van der Waals surface area contributed by atoms with Crippen molar-refractivity contribution in [1.29, 1.82) is 5.26 Å². The van der Waals surface area contributed by atoms with E-state index in [0.717, 1.165) is 12.1 Å². The largest absolute Gasteiger partial charge is 0.399 e. The second-order valence-electron chi connectivity index (χ2n) is 4.10. The van der Waals surface area contributed by atoms with Crippen molar-refractivity contribution in [3.8, 4) is 6.07 Å².